The number of hydrogen-bond acceptors (Lipinski definition) is 7. The first-order valence-electron chi connectivity index (χ1n) is 8.99. The largest absolute Gasteiger partial charge is 0.397 e. The van der Waals surface area contributed by atoms with Crippen molar-refractivity contribution in [3.05, 3.63) is 82.9 Å². The van der Waals surface area contributed by atoms with Crippen molar-refractivity contribution in [3.8, 4) is 0 Å². The summed E-state index contributed by atoms with van der Waals surface area (Å²) in [6.45, 7) is 0. The molecule has 0 bridgehead atoms. The molecule has 5 N–H and O–H groups in total. The molecule has 9 nitrogen and oxygen atoms in total. The maximum Gasteiger partial charge on any atom is 0.296 e. The number of fused-ring (bicyclic) bond motifs is 2. The molecule has 1 atom stereocenters. The average Bonchev–Trinajstić information content (AvgIpc) is 2.72. The first-order valence-corrected chi connectivity index (χ1v) is 11.9. The van der Waals surface area contributed by atoms with Gasteiger partial charge in [-0.1, -0.05) is 42.5 Å². The van der Waals surface area contributed by atoms with Crippen LogP contribution in [0.5, 0.6) is 0 Å². The Balaban J connectivity index is 0.000000714. The summed E-state index contributed by atoms with van der Waals surface area (Å²) < 4.78 is 49.9. The van der Waals surface area contributed by atoms with E-state index in [2.05, 4.69) is 5.32 Å². The number of hydrogen-bond donors (Lipinski definition) is 4. The monoisotopic (exact) mass is 563 g/mol. The Morgan fingerprint density at radius 3 is 1.85 bits per heavy atom. The molecule has 0 spiro atoms. The zero-order valence-corrected chi connectivity index (χ0v) is 21.7. The standard InChI is InChI=1S/C20H14N2O5S.CH4O2S.Y/c21-18-15(28(25,26)27)10-14(22-11-6-2-1-3-7-11)16-17(18)20(24)13-9-5-4-8-12(13)19(16)23;1-4(2)3;/h1-10,22H,21H2,(H,25,26,27);1H3,(H,2,3);. The van der Waals surface area contributed by atoms with Crippen LogP contribution in [0.15, 0.2) is 65.6 Å². The Morgan fingerprint density at radius 1 is 0.909 bits per heavy atom. The van der Waals surface area contributed by atoms with Gasteiger partial charge in [-0.2, -0.15) is 8.42 Å². The van der Waals surface area contributed by atoms with E-state index < -0.39 is 43.3 Å². The van der Waals surface area contributed by atoms with Gasteiger partial charge in [0, 0.05) is 55.8 Å². The summed E-state index contributed by atoms with van der Waals surface area (Å²) in [5.41, 5.74) is 6.16. The summed E-state index contributed by atoms with van der Waals surface area (Å²) in [7, 11) is -4.73. The Labute approximate surface area is 217 Å². The SMILES string of the molecule is CS(=O)O.Nc1c(S(=O)(=O)O)cc(Nc2ccccc2)c2c1C(=O)c1ccccc1C2=O.[Y]. The van der Waals surface area contributed by atoms with Crippen LogP contribution in [0.25, 0.3) is 0 Å². The van der Waals surface area contributed by atoms with Crippen LogP contribution in [0.1, 0.15) is 31.8 Å². The molecular weight excluding hydrogens is 545 g/mol. The van der Waals surface area contributed by atoms with Crippen LogP contribution in [0.2, 0.25) is 0 Å². The van der Waals surface area contributed by atoms with Crippen molar-refractivity contribution in [3.63, 3.8) is 0 Å². The van der Waals surface area contributed by atoms with E-state index in [0.717, 1.165) is 6.07 Å². The number of carbonyl (C=O) groups is 2. The molecule has 1 unspecified atom stereocenters. The first-order chi connectivity index (χ1) is 15.0. The zero-order chi connectivity index (χ0) is 23.6. The van der Waals surface area contributed by atoms with Crippen molar-refractivity contribution in [2.75, 3.05) is 17.3 Å². The summed E-state index contributed by atoms with van der Waals surface area (Å²) in [6.07, 6.45) is 1.19. The van der Waals surface area contributed by atoms with Gasteiger partial charge in [-0.05, 0) is 18.2 Å². The van der Waals surface area contributed by atoms with E-state index >= 15 is 0 Å². The maximum absolute atomic E-state index is 13.1. The van der Waals surface area contributed by atoms with Crippen LogP contribution >= 0.6 is 0 Å². The Kier molecular flexibility index (Phi) is 8.80. The van der Waals surface area contributed by atoms with Gasteiger partial charge in [0.25, 0.3) is 10.1 Å². The molecular formula is C21H18N2O7S2Y. The smallest absolute Gasteiger partial charge is 0.296 e. The average molecular weight is 563 g/mol. The van der Waals surface area contributed by atoms with Crippen LogP contribution in [-0.2, 0) is 53.9 Å². The van der Waals surface area contributed by atoms with E-state index in [0.29, 0.717) is 5.69 Å². The molecule has 0 saturated heterocycles. The fourth-order valence-corrected chi connectivity index (χ4v) is 3.93. The first kappa shape index (κ1) is 27.0. The Bertz CT molecular complexity index is 1360. The van der Waals surface area contributed by atoms with Crippen molar-refractivity contribution in [1.82, 2.24) is 0 Å². The topological polar surface area (TPSA) is 164 Å². The van der Waals surface area contributed by atoms with Gasteiger partial charge in [-0.3, -0.25) is 14.1 Å². The minimum Gasteiger partial charge on any atom is -0.397 e. The molecule has 12 heteroatoms. The van der Waals surface area contributed by atoms with Crippen LogP contribution in [0.3, 0.4) is 0 Å². The third-order valence-corrected chi connectivity index (χ3v) is 5.42. The zero-order valence-electron chi connectivity index (χ0n) is 17.2. The van der Waals surface area contributed by atoms with Crippen LogP contribution in [0.4, 0.5) is 17.1 Å². The number of rotatable bonds is 3. The number of nitrogens with one attached hydrogen (secondary N) is 1. The Morgan fingerprint density at radius 2 is 1.36 bits per heavy atom. The minimum atomic E-state index is -4.73. The molecule has 0 fully saturated rings. The number of nitrogen functional groups attached to an aromatic ring is 1. The van der Waals surface area contributed by atoms with Crippen molar-refractivity contribution in [2.24, 2.45) is 0 Å². The molecule has 169 valence electrons. The summed E-state index contributed by atoms with van der Waals surface area (Å²) in [4.78, 5) is 25.5. The minimum absolute atomic E-state index is 0. The maximum atomic E-state index is 13.1. The van der Waals surface area contributed by atoms with E-state index in [4.69, 9.17) is 14.5 Å². The number of ketones is 2. The van der Waals surface area contributed by atoms with E-state index in [1.54, 1.807) is 42.5 Å². The summed E-state index contributed by atoms with van der Waals surface area (Å²) >= 11 is -1.61. The fraction of sp³-hybridized carbons (Fsp3) is 0.0476. The van der Waals surface area contributed by atoms with Gasteiger partial charge in [0.2, 0.25) is 0 Å². The van der Waals surface area contributed by atoms with E-state index in [9.17, 15) is 22.6 Å². The molecule has 0 heterocycles. The van der Waals surface area contributed by atoms with Gasteiger partial charge in [0.1, 0.15) is 16.0 Å². The predicted octanol–water partition coefficient (Wildman–Crippen LogP) is 2.87. The number of nitrogens with two attached hydrogens (primary N) is 1. The molecule has 0 saturated carbocycles. The molecule has 33 heavy (non-hydrogen) atoms. The quantitative estimate of drug-likeness (QED) is 0.167. The van der Waals surface area contributed by atoms with Gasteiger partial charge in [0.15, 0.2) is 11.6 Å². The number of benzene rings is 3. The number of anilines is 3. The fourth-order valence-electron chi connectivity index (χ4n) is 3.28. The van der Waals surface area contributed by atoms with Gasteiger partial charge in [0.05, 0.1) is 22.5 Å². The van der Waals surface area contributed by atoms with E-state index in [1.165, 1.54) is 18.4 Å². The van der Waals surface area contributed by atoms with Crippen LogP contribution < -0.4 is 11.1 Å². The van der Waals surface area contributed by atoms with Gasteiger partial charge >= 0.3 is 0 Å². The normalized spacial score (nSPS) is 12.9. The Hall–Kier alpha value is -2.28. The summed E-state index contributed by atoms with van der Waals surface area (Å²) in [5, 5.41) is 2.95. The van der Waals surface area contributed by atoms with Crippen molar-refractivity contribution >= 4 is 49.8 Å². The second-order valence-corrected chi connectivity index (χ2v) is 8.92. The molecule has 0 aliphatic heterocycles. The molecule has 0 aromatic heterocycles. The second-order valence-electron chi connectivity index (χ2n) is 6.68. The second kappa shape index (κ2) is 10.8. The number of para-hydroxylation sites is 1. The summed E-state index contributed by atoms with van der Waals surface area (Å²) in [6, 6.07) is 16.0. The predicted molar refractivity (Wildman–Crippen MR) is 120 cm³/mol. The van der Waals surface area contributed by atoms with Gasteiger partial charge in [-0.15, -0.1) is 0 Å². The van der Waals surface area contributed by atoms with Gasteiger partial charge < -0.3 is 15.6 Å². The van der Waals surface area contributed by atoms with E-state index in [-0.39, 0.29) is 60.7 Å². The van der Waals surface area contributed by atoms with Crippen molar-refractivity contribution in [1.29, 1.82) is 0 Å². The van der Waals surface area contributed by atoms with Crippen LogP contribution in [-0.4, -0.2) is 39.6 Å². The molecule has 1 aliphatic carbocycles. The van der Waals surface area contributed by atoms with Crippen molar-refractivity contribution < 1.29 is 64.0 Å². The molecule has 0 amide bonds. The van der Waals surface area contributed by atoms with Crippen molar-refractivity contribution in [2.45, 2.75) is 4.90 Å². The third kappa shape index (κ3) is 5.81. The molecule has 1 radical (unpaired) electrons. The third-order valence-electron chi connectivity index (χ3n) is 4.53. The van der Waals surface area contributed by atoms with Crippen LogP contribution in [0, 0.1) is 0 Å². The molecule has 1 aliphatic rings. The molecule has 3 aromatic rings. The van der Waals surface area contributed by atoms with E-state index in [1.807, 2.05) is 0 Å². The summed E-state index contributed by atoms with van der Waals surface area (Å²) in [5.74, 6) is -1.04. The van der Waals surface area contributed by atoms with Gasteiger partial charge in [-0.25, -0.2) is 4.21 Å². The molecule has 4 rings (SSSR count). The number of carbonyl (C=O) groups excluding carboxylic acids is 2. The molecule has 3 aromatic carbocycles.